The van der Waals surface area contributed by atoms with Gasteiger partial charge in [0.15, 0.2) is 0 Å². The van der Waals surface area contributed by atoms with Crippen molar-refractivity contribution in [1.82, 2.24) is 0 Å². The van der Waals surface area contributed by atoms with Crippen LogP contribution >= 0.6 is 0 Å². The Morgan fingerprint density at radius 3 is 2.65 bits per heavy atom. The van der Waals surface area contributed by atoms with Gasteiger partial charge in [0.2, 0.25) is 0 Å². The highest BCUT2D eigenvalue weighted by Crippen LogP contribution is 2.67. The lowest BCUT2D eigenvalue weighted by Crippen LogP contribution is -2.54. The lowest BCUT2D eigenvalue weighted by atomic mass is 9.47. The minimum absolute atomic E-state index is 0.0512. The molecule has 1 N–H and O–H groups in total. The summed E-state index contributed by atoms with van der Waals surface area (Å²) in [5.74, 6) is 4.39. The average Bonchev–Trinajstić information content (AvgIpc) is 2.87. The maximum Gasteiger partial charge on any atom is 0.302 e. The van der Waals surface area contributed by atoms with Crippen molar-refractivity contribution < 1.29 is 14.6 Å². The third-order valence-electron chi connectivity index (χ3n) is 8.78. The first-order valence-corrected chi connectivity index (χ1v) is 10.3. The van der Waals surface area contributed by atoms with E-state index in [1.165, 1.54) is 12.5 Å². The molecule has 0 aromatic heterocycles. The summed E-state index contributed by atoms with van der Waals surface area (Å²) in [5.41, 5.74) is 0.655. The third kappa shape index (κ3) is 2.34. The van der Waals surface area contributed by atoms with Gasteiger partial charge in [-0.15, -0.1) is 6.42 Å². The van der Waals surface area contributed by atoms with E-state index < -0.39 is 5.60 Å². The molecule has 3 heteroatoms. The van der Waals surface area contributed by atoms with Gasteiger partial charge in [-0.05, 0) is 68.1 Å². The second-order valence-electron chi connectivity index (χ2n) is 9.73. The minimum Gasteiger partial charge on any atom is -0.462 e. The van der Waals surface area contributed by atoms with Gasteiger partial charge < -0.3 is 9.84 Å². The molecule has 142 valence electrons. The lowest BCUT2D eigenvalue weighted by Gasteiger charge is -2.58. The van der Waals surface area contributed by atoms with Crippen LogP contribution in [0.25, 0.3) is 0 Å². The molecule has 0 spiro atoms. The molecule has 0 aliphatic heterocycles. The average molecular weight is 357 g/mol. The molecule has 4 aliphatic rings. The van der Waals surface area contributed by atoms with Crippen LogP contribution in [0, 0.1) is 40.9 Å². The molecule has 3 saturated carbocycles. The number of carbonyl (C=O) groups is 1. The minimum atomic E-state index is -0.930. The largest absolute Gasteiger partial charge is 0.462 e. The van der Waals surface area contributed by atoms with Crippen molar-refractivity contribution in [3.8, 4) is 12.3 Å². The smallest absolute Gasteiger partial charge is 0.302 e. The van der Waals surface area contributed by atoms with Gasteiger partial charge in [-0.2, -0.15) is 0 Å². The van der Waals surface area contributed by atoms with E-state index in [0.29, 0.717) is 17.8 Å². The predicted molar refractivity (Wildman–Crippen MR) is 101 cm³/mol. The summed E-state index contributed by atoms with van der Waals surface area (Å²) in [6.45, 7) is 6.18. The standard InChI is InChI=1S/C23H32O3/c1-5-23(25)13-10-20-18-7-6-16-14-17(26-15(2)24)8-11-21(16,3)19(18)9-12-22(20,23)4/h1,6,17-20,25H,7-14H2,2-4H3/t17?,18-,19-,20+,21+,22+,23?/m1/s1. The Balaban J connectivity index is 1.61. The van der Waals surface area contributed by atoms with E-state index in [4.69, 9.17) is 11.2 Å². The Hall–Kier alpha value is -1.27. The van der Waals surface area contributed by atoms with E-state index in [-0.39, 0.29) is 22.9 Å². The van der Waals surface area contributed by atoms with Crippen molar-refractivity contribution in [2.24, 2.45) is 28.6 Å². The summed E-state index contributed by atoms with van der Waals surface area (Å²) >= 11 is 0. The number of esters is 1. The van der Waals surface area contributed by atoms with Crippen molar-refractivity contribution in [3.63, 3.8) is 0 Å². The molecule has 4 aliphatic carbocycles. The number of ether oxygens (including phenoxy) is 1. The van der Waals surface area contributed by atoms with Gasteiger partial charge in [0.05, 0.1) is 0 Å². The monoisotopic (exact) mass is 356 g/mol. The van der Waals surface area contributed by atoms with Crippen LogP contribution in [0.3, 0.4) is 0 Å². The highest BCUT2D eigenvalue weighted by molar-refractivity contribution is 5.66. The second kappa shape index (κ2) is 5.86. The quantitative estimate of drug-likeness (QED) is 0.434. The van der Waals surface area contributed by atoms with Crippen LogP contribution in [0.2, 0.25) is 0 Å². The number of rotatable bonds is 1. The van der Waals surface area contributed by atoms with E-state index in [2.05, 4.69) is 25.8 Å². The maximum absolute atomic E-state index is 11.3. The van der Waals surface area contributed by atoms with E-state index in [1.54, 1.807) is 0 Å². The molecule has 4 rings (SSSR count). The van der Waals surface area contributed by atoms with Crippen LogP contribution in [0.1, 0.15) is 72.1 Å². The Bertz CT molecular complexity index is 688. The van der Waals surface area contributed by atoms with E-state index in [1.807, 2.05) is 0 Å². The van der Waals surface area contributed by atoms with Crippen molar-refractivity contribution in [1.29, 1.82) is 0 Å². The fraction of sp³-hybridized carbons (Fsp3) is 0.783. The highest BCUT2D eigenvalue weighted by atomic mass is 16.5. The number of hydrogen-bond donors (Lipinski definition) is 1. The molecular weight excluding hydrogens is 324 g/mol. The SMILES string of the molecule is C#CC1(O)CC[C@H]2[C@@H]3CC=C4CC(OC(C)=O)CC[C@]4(C)[C@@H]3CC[C@@]21C. The molecule has 26 heavy (non-hydrogen) atoms. The van der Waals surface area contributed by atoms with Crippen LogP contribution in [-0.4, -0.2) is 22.8 Å². The Labute approximate surface area is 157 Å². The lowest BCUT2D eigenvalue weighted by molar-refractivity contribution is -0.149. The van der Waals surface area contributed by atoms with E-state index in [0.717, 1.165) is 51.4 Å². The van der Waals surface area contributed by atoms with Gasteiger partial charge in [0, 0.05) is 18.8 Å². The first kappa shape index (κ1) is 18.1. The first-order valence-electron chi connectivity index (χ1n) is 10.3. The fourth-order valence-corrected chi connectivity index (χ4v) is 7.22. The predicted octanol–water partition coefficient (Wildman–Crippen LogP) is 4.25. The molecule has 3 fully saturated rings. The van der Waals surface area contributed by atoms with Gasteiger partial charge in [0.25, 0.3) is 0 Å². The molecule has 3 nitrogen and oxygen atoms in total. The summed E-state index contributed by atoms with van der Waals surface area (Å²) in [6, 6.07) is 0. The second-order valence-corrected chi connectivity index (χ2v) is 9.73. The topological polar surface area (TPSA) is 46.5 Å². The third-order valence-corrected chi connectivity index (χ3v) is 8.78. The summed E-state index contributed by atoms with van der Waals surface area (Å²) in [7, 11) is 0. The zero-order chi connectivity index (χ0) is 18.7. The number of hydrogen-bond acceptors (Lipinski definition) is 3. The van der Waals surface area contributed by atoms with Gasteiger partial charge in [0.1, 0.15) is 11.7 Å². The van der Waals surface area contributed by atoms with Crippen LogP contribution in [-0.2, 0) is 9.53 Å². The number of allylic oxidation sites excluding steroid dienone is 1. The van der Waals surface area contributed by atoms with Gasteiger partial charge in [-0.1, -0.05) is 31.4 Å². The zero-order valence-corrected chi connectivity index (χ0v) is 16.4. The zero-order valence-electron chi connectivity index (χ0n) is 16.4. The van der Waals surface area contributed by atoms with Crippen LogP contribution < -0.4 is 0 Å². The molecule has 0 aromatic rings. The Kier molecular flexibility index (Phi) is 4.08. The molecule has 2 unspecified atom stereocenters. The van der Waals surface area contributed by atoms with Crippen LogP contribution in [0.5, 0.6) is 0 Å². The van der Waals surface area contributed by atoms with Crippen LogP contribution in [0.15, 0.2) is 11.6 Å². The molecular formula is C23H32O3. The number of terminal acetylenes is 1. The molecule has 7 atom stereocenters. The van der Waals surface area contributed by atoms with Crippen molar-refractivity contribution in [2.45, 2.75) is 83.8 Å². The van der Waals surface area contributed by atoms with Crippen molar-refractivity contribution >= 4 is 5.97 Å². The summed E-state index contributed by atoms with van der Waals surface area (Å²) in [6.07, 6.45) is 16.3. The summed E-state index contributed by atoms with van der Waals surface area (Å²) < 4.78 is 5.51. The number of fused-ring (bicyclic) bond motifs is 5. The van der Waals surface area contributed by atoms with E-state index >= 15 is 0 Å². The Morgan fingerprint density at radius 1 is 1.23 bits per heavy atom. The highest BCUT2D eigenvalue weighted by Gasteiger charge is 2.63. The first-order chi connectivity index (χ1) is 12.2. The number of aliphatic hydroxyl groups is 1. The van der Waals surface area contributed by atoms with Gasteiger partial charge in [-0.25, -0.2) is 0 Å². The van der Waals surface area contributed by atoms with Crippen LogP contribution in [0.4, 0.5) is 0 Å². The van der Waals surface area contributed by atoms with Crippen molar-refractivity contribution in [2.75, 3.05) is 0 Å². The molecule has 0 aromatic carbocycles. The molecule has 0 bridgehead atoms. The molecule has 0 amide bonds. The van der Waals surface area contributed by atoms with Crippen molar-refractivity contribution in [3.05, 3.63) is 11.6 Å². The molecule has 0 saturated heterocycles. The normalized spacial score (nSPS) is 49.9. The fourth-order valence-electron chi connectivity index (χ4n) is 7.22. The Morgan fingerprint density at radius 2 is 1.96 bits per heavy atom. The summed E-state index contributed by atoms with van der Waals surface area (Å²) in [5, 5.41) is 11.1. The maximum atomic E-state index is 11.3. The van der Waals surface area contributed by atoms with E-state index in [9.17, 15) is 9.90 Å². The number of carbonyl (C=O) groups excluding carboxylic acids is 1. The molecule has 0 heterocycles. The van der Waals surface area contributed by atoms with Gasteiger partial charge >= 0.3 is 5.97 Å². The van der Waals surface area contributed by atoms with Gasteiger partial charge in [-0.3, -0.25) is 4.79 Å². The summed E-state index contributed by atoms with van der Waals surface area (Å²) in [4.78, 5) is 11.3. The molecule has 0 radical (unpaired) electrons.